The van der Waals surface area contributed by atoms with Crippen molar-refractivity contribution < 1.29 is 10.0 Å². The molecule has 0 unspecified atom stereocenters. The Kier molecular flexibility index (Phi) is 3.69. The first kappa shape index (κ1) is 14.8. The average molecular weight is 313 g/mol. The molecule has 0 radical (unpaired) electrons. The van der Waals surface area contributed by atoms with E-state index in [0.717, 1.165) is 27.7 Å². The molecule has 0 aliphatic carbocycles. The molecule has 0 spiro atoms. The van der Waals surface area contributed by atoms with Crippen LogP contribution in [0.25, 0.3) is 27.7 Å². The molecule has 24 heavy (non-hydrogen) atoms. The first-order chi connectivity index (χ1) is 11.7. The maximum absolute atomic E-state index is 9.52. The molecule has 4 aromatic rings. The van der Waals surface area contributed by atoms with E-state index in [4.69, 9.17) is 0 Å². The van der Waals surface area contributed by atoms with Crippen LogP contribution in [0.2, 0.25) is 0 Å². The predicted octanol–water partition coefficient (Wildman–Crippen LogP) is 2.98. The Bertz CT molecular complexity index is 979. The van der Waals surface area contributed by atoms with E-state index in [0.29, 0.717) is 5.46 Å². The van der Waals surface area contributed by atoms with Crippen LogP contribution in [-0.2, 0) is 0 Å². The summed E-state index contributed by atoms with van der Waals surface area (Å²) < 4.78 is 2.13. The molecule has 0 saturated heterocycles. The van der Waals surface area contributed by atoms with Gasteiger partial charge in [0.05, 0.1) is 5.52 Å². The lowest BCUT2D eigenvalue weighted by Crippen LogP contribution is -2.29. The van der Waals surface area contributed by atoms with Gasteiger partial charge in [-0.3, -0.25) is 0 Å². The third kappa shape index (κ3) is 2.52. The highest BCUT2D eigenvalue weighted by Gasteiger charge is 2.16. The summed E-state index contributed by atoms with van der Waals surface area (Å²) in [6.07, 6.45) is 2.10. The van der Waals surface area contributed by atoms with Gasteiger partial charge in [0.2, 0.25) is 0 Å². The normalized spacial score (nSPS) is 10.9. The molecule has 0 aliphatic rings. The summed E-state index contributed by atoms with van der Waals surface area (Å²) >= 11 is 0. The molecule has 1 aromatic heterocycles. The standard InChI is InChI=1S/C20H16BNO2/c23-21(24)16-11-12-20-18(13-16)19(15-7-3-1-4-8-15)14-22(20)17-9-5-2-6-10-17/h1-14,23-24H. The van der Waals surface area contributed by atoms with Gasteiger partial charge in [-0.25, -0.2) is 0 Å². The van der Waals surface area contributed by atoms with Gasteiger partial charge in [-0.15, -0.1) is 0 Å². The van der Waals surface area contributed by atoms with E-state index in [1.807, 2.05) is 48.5 Å². The fourth-order valence-corrected chi connectivity index (χ4v) is 3.06. The molecule has 0 bridgehead atoms. The van der Waals surface area contributed by atoms with Crippen LogP contribution in [-0.4, -0.2) is 21.7 Å². The second-order valence-corrected chi connectivity index (χ2v) is 5.76. The molecule has 3 nitrogen and oxygen atoms in total. The minimum Gasteiger partial charge on any atom is -0.423 e. The van der Waals surface area contributed by atoms with Gasteiger partial charge in [-0.2, -0.15) is 0 Å². The summed E-state index contributed by atoms with van der Waals surface area (Å²) in [5, 5.41) is 20.0. The van der Waals surface area contributed by atoms with Crippen molar-refractivity contribution in [2.45, 2.75) is 0 Å². The van der Waals surface area contributed by atoms with Crippen molar-refractivity contribution in [3.63, 3.8) is 0 Å². The monoisotopic (exact) mass is 313 g/mol. The van der Waals surface area contributed by atoms with Gasteiger partial charge in [0.1, 0.15) is 0 Å². The zero-order valence-corrected chi connectivity index (χ0v) is 13.0. The molecule has 0 atom stereocenters. The molecule has 4 rings (SSSR count). The van der Waals surface area contributed by atoms with Crippen LogP contribution in [0.15, 0.2) is 85.1 Å². The topological polar surface area (TPSA) is 45.4 Å². The Morgan fingerprint density at radius 2 is 1.42 bits per heavy atom. The summed E-state index contributed by atoms with van der Waals surface area (Å²) in [4.78, 5) is 0. The first-order valence-corrected chi connectivity index (χ1v) is 7.86. The van der Waals surface area contributed by atoms with Gasteiger partial charge in [-0.1, -0.05) is 60.7 Å². The van der Waals surface area contributed by atoms with E-state index in [-0.39, 0.29) is 0 Å². The number of benzene rings is 3. The number of fused-ring (bicyclic) bond motifs is 1. The highest BCUT2D eigenvalue weighted by atomic mass is 16.4. The van der Waals surface area contributed by atoms with E-state index in [1.165, 1.54) is 0 Å². The van der Waals surface area contributed by atoms with Crippen LogP contribution in [0.3, 0.4) is 0 Å². The maximum Gasteiger partial charge on any atom is 0.488 e. The summed E-state index contributed by atoms with van der Waals surface area (Å²) in [5.41, 5.74) is 4.76. The first-order valence-electron chi connectivity index (χ1n) is 7.86. The molecule has 0 saturated carbocycles. The van der Waals surface area contributed by atoms with Crippen molar-refractivity contribution in [2.24, 2.45) is 0 Å². The van der Waals surface area contributed by atoms with Crippen LogP contribution < -0.4 is 5.46 Å². The van der Waals surface area contributed by atoms with Crippen molar-refractivity contribution >= 4 is 23.5 Å². The van der Waals surface area contributed by atoms with E-state index >= 15 is 0 Å². The Morgan fingerprint density at radius 1 is 0.750 bits per heavy atom. The number of rotatable bonds is 3. The lowest BCUT2D eigenvalue weighted by molar-refractivity contribution is 0.426. The fraction of sp³-hybridized carbons (Fsp3) is 0. The number of para-hydroxylation sites is 1. The van der Waals surface area contributed by atoms with Crippen molar-refractivity contribution in [3.05, 3.63) is 85.1 Å². The van der Waals surface area contributed by atoms with Gasteiger partial charge in [0, 0.05) is 22.8 Å². The molecule has 3 aromatic carbocycles. The Balaban J connectivity index is 2.02. The Hall–Kier alpha value is -2.82. The Morgan fingerprint density at radius 3 is 2.08 bits per heavy atom. The molecule has 1 heterocycles. The maximum atomic E-state index is 9.52. The molecule has 2 N–H and O–H groups in total. The highest BCUT2D eigenvalue weighted by molar-refractivity contribution is 6.59. The van der Waals surface area contributed by atoms with Crippen molar-refractivity contribution in [1.82, 2.24) is 4.57 Å². The molecule has 116 valence electrons. The van der Waals surface area contributed by atoms with Crippen LogP contribution in [0.1, 0.15) is 0 Å². The smallest absolute Gasteiger partial charge is 0.423 e. The molecular formula is C20H16BNO2. The summed E-state index contributed by atoms with van der Waals surface area (Å²) in [7, 11) is -1.47. The van der Waals surface area contributed by atoms with Crippen LogP contribution >= 0.6 is 0 Å². The lowest BCUT2D eigenvalue weighted by Gasteiger charge is -2.06. The minimum atomic E-state index is -1.47. The van der Waals surface area contributed by atoms with Crippen molar-refractivity contribution in [2.75, 3.05) is 0 Å². The molecule has 0 aliphatic heterocycles. The fourth-order valence-electron chi connectivity index (χ4n) is 3.06. The van der Waals surface area contributed by atoms with E-state index in [9.17, 15) is 10.0 Å². The Labute approximate surface area is 140 Å². The number of hydrogen-bond acceptors (Lipinski definition) is 2. The molecule has 4 heteroatoms. The second kappa shape index (κ2) is 6.00. The van der Waals surface area contributed by atoms with Gasteiger partial charge < -0.3 is 14.6 Å². The van der Waals surface area contributed by atoms with Gasteiger partial charge in [0.15, 0.2) is 0 Å². The van der Waals surface area contributed by atoms with Crippen LogP contribution in [0.5, 0.6) is 0 Å². The van der Waals surface area contributed by atoms with Crippen LogP contribution in [0, 0.1) is 0 Å². The quantitative estimate of drug-likeness (QED) is 0.571. The highest BCUT2D eigenvalue weighted by Crippen LogP contribution is 2.32. The zero-order valence-electron chi connectivity index (χ0n) is 13.0. The zero-order chi connectivity index (χ0) is 16.5. The summed E-state index contributed by atoms with van der Waals surface area (Å²) in [6.45, 7) is 0. The summed E-state index contributed by atoms with van der Waals surface area (Å²) in [6, 6.07) is 25.8. The van der Waals surface area contributed by atoms with E-state index < -0.39 is 7.12 Å². The number of aromatic nitrogens is 1. The van der Waals surface area contributed by atoms with Crippen molar-refractivity contribution in [1.29, 1.82) is 0 Å². The largest absolute Gasteiger partial charge is 0.488 e. The van der Waals surface area contributed by atoms with Gasteiger partial charge in [-0.05, 0) is 29.2 Å². The molecular weight excluding hydrogens is 297 g/mol. The second-order valence-electron chi connectivity index (χ2n) is 5.76. The molecule has 0 fully saturated rings. The number of hydrogen-bond donors (Lipinski definition) is 2. The van der Waals surface area contributed by atoms with E-state index in [1.54, 1.807) is 6.07 Å². The average Bonchev–Trinajstić information content (AvgIpc) is 3.02. The van der Waals surface area contributed by atoms with Gasteiger partial charge in [0.25, 0.3) is 0 Å². The summed E-state index contributed by atoms with van der Waals surface area (Å²) in [5.74, 6) is 0. The van der Waals surface area contributed by atoms with Crippen LogP contribution in [0.4, 0.5) is 0 Å². The third-order valence-electron chi connectivity index (χ3n) is 4.25. The van der Waals surface area contributed by atoms with Gasteiger partial charge >= 0.3 is 7.12 Å². The van der Waals surface area contributed by atoms with E-state index in [2.05, 4.69) is 35.0 Å². The predicted molar refractivity (Wildman–Crippen MR) is 98.5 cm³/mol. The SMILES string of the molecule is OB(O)c1ccc2c(c1)c(-c1ccccc1)cn2-c1ccccc1. The number of nitrogens with zero attached hydrogens (tertiary/aromatic N) is 1. The third-order valence-corrected chi connectivity index (χ3v) is 4.25. The molecule has 0 amide bonds. The minimum absolute atomic E-state index is 0.491. The lowest BCUT2D eigenvalue weighted by atomic mass is 9.79. The van der Waals surface area contributed by atoms with Crippen molar-refractivity contribution in [3.8, 4) is 16.8 Å².